The van der Waals surface area contributed by atoms with Crippen LogP contribution in [0.15, 0.2) is 0 Å². The molecule has 2 nitrogen and oxygen atoms in total. The largest absolute Gasteiger partial charge is 0.380 e. The number of hydrogen-bond acceptors (Lipinski definition) is 3. The fraction of sp³-hybridized carbons (Fsp3) is 1.00. The Labute approximate surface area is 93.4 Å². The van der Waals surface area contributed by atoms with E-state index in [4.69, 9.17) is 4.74 Å². The molecule has 0 saturated carbocycles. The number of nitrogens with zero attached hydrogens (tertiary/aromatic N) is 1. The van der Waals surface area contributed by atoms with Crippen molar-refractivity contribution in [3.63, 3.8) is 0 Å². The predicted molar refractivity (Wildman–Crippen MR) is 64.1 cm³/mol. The third-order valence-corrected chi connectivity index (χ3v) is 3.55. The molecule has 1 fully saturated rings. The molecule has 2 unspecified atom stereocenters. The van der Waals surface area contributed by atoms with Gasteiger partial charge in [-0.25, -0.2) is 0 Å². The first kappa shape index (κ1) is 12.3. The molecule has 0 radical (unpaired) electrons. The molecule has 84 valence electrons. The van der Waals surface area contributed by atoms with E-state index in [1.165, 1.54) is 32.4 Å². The van der Waals surface area contributed by atoms with E-state index in [1.807, 2.05) is 7.11 Å². The molecule has 0 bridgehead atoms. The van der Waals surface area contributed by atoms with Gasteiger partial charge < -0.3 is 9.64 Å². The van der Waals surface area contributed by atoms with Gasteiger partial charge in [0.1, 0.15) is 0 Å². The molecule has 14 heavy (non-hydrogen) atoms. The van der Waals surface area contributed by atoms with Crippen molar-refractivity contribution < 1.29 is 4.74 Å². The van der Waals surface area contributed by atoms with Gasteiger partial charge in [-0.3, -0.25) is 0 Å². The standard InChI is InChI=1S/C11H23NOS/c1-3-4-10(9-14)7-12-6-5-11(8-12)13-2/h10-11,14H,3-9H2,1-2H3. The first-order valence-electron chi connectivity index (χ1n) is 5.66. The summed E-state index contributed by atoms with van der Waals surface area (Å²) in [6, 6.07) is 0. The Balaban J connectivity index is 2.22. The lowest BCUT2D eigenvalue weighted by Gasteiger charge is -2.21. The Kier molecular flexibility index (Phi) is 5.90. The summed E-state index contributed by atoms with van der Waals surface area (Å²) in [5.74, 6) is 1.78. The Morgan fingerprint density at radius 2 is 2.36 bits per heavy atom. The molecule has 0 amide bonds. The van der Waals surface area contributed by atoms with Crippen molar-refractivity contribution in [2.45, 2.75) is 32.3 Å². The lowest BCUT2D eigenvalue weighted by molar-refractivity contribution is 0.106. The monoisotopic (exact) mass is 217 g/mol. The van der Waals surface area contributed by atoms with Crippen LogP contribution in [0.4, 0.5) is 0 Å². The van der Waals surface area contributed by atoms with Crippen molar-refractivity contribution in [2.24, 2.45) is 5.92 Å². The van der Waals surface area contributed by atoms with Crippen molar-refractivity contribution in [1.82, 2.24) is 4.90 Å². The fourth-order valence-electron chi connectivity index (χ4n) is 2.17. The highest BCUT2D eigenvalue weighted by Gasteiger charge is 2.23. The van der Waals surface area contributed by atoms with E-state index < -0.39 is 0 Å². The normalized spacial score (nSPS) is 25.5. The SMILES string of the molecule is CCCC(CS)CN1CCC(OC)C1. The molecule has 0 aromatic carbocycles. The summed E-state index contributed by atoms with van der Waals surface area (Å²) < 4.78 is 5.36. The van der Waals surface area contributed by atoms with Gasteiger partial charge in [0.25, 0.3) is 0 Å². The predicted octanol–water partition coefficient (Wildman–Crippen LogP) is 2.05. The van der Waals surface area contributed by atoms with Crippen LogP contribution in [0.5, 0.6) is 0 Å². The second-order valence-corrected chi connectivity index (χ2v) is 4.61. The van der Waals surface area contributed by atoms with E-state index >= 15 is 0 Å². The Bertz CT molecular complexity index is 154. The number of thiol groups is 1. The van der Waals surface area contributed by atoms with Crippen LogP contribution in [0.3, 0.4) is 0 Å². The van der Waals surface area contributed by atoms with Crippen LogP contribution >= 0.6 is 12.6 Å². The average molecular weight is 217 g/mol. The average Bonchev–Trinajstić information content (AvgIpc) is 2.65. The second-order valence-electron chi connectivity index (χ2n) is 4.24. The summed E-state index contributed by atoms with van der Waals surface area (Å²) in [7, 11) is 1.82. The van der Waals surface area contributed by atoms with Gasteiger partial charge in [0.2, 0.25) is 0 Å². The molecule has 2 atom stereocenters. The zero-order valence-corrected chi connectivity index (χ0v) is 10.3. The summed E-state index contributed by atoms with van der Waals surface area (Å²) in [6.45, 7) is 5.77. The van der Waals surface area contributed by atoms with Crippen molar-refractivity contribution >= 4 is 12.6 Å². The number of methoxy groups -OCH3 is 1. The van der Waals surface area contributed by atoms with Crippen molar-refractivity contribution in [3.05, 3.63) is 0 Å². The van der Waals surface area contributed by atoms with Gasteiger partial charge in [-0.2, -0.15) is 12.6 Å². The van der Waals surface area contributed by atoms with Gasteiger partial charge in [-0.1, -0.05) is 13.3 Å². The van der Waals surface area contributed by atoms with E-state index in [0.717, 1.165) is 18.2 Å². The van der Waals surface area contributed by atoms with Crippen molar-refractivity contribution in [2.75, 3.05) is 32.5 Å². The van der Waals surface area contributed by atoms with Gasteiger partial charge in [0.05, 0.1) is 6.10 Å². The van der Waals surface area contributed by atoms with Gasteiger partial charge >= 0.3 is 0 Å². The lowest BCUT2D eigenvalue weighted by atomic mass is 10.1. The molecule has 1 aliphatic heterocycles. The molecule has 1 heterocycles. The lowest BCUT2D eigenvalue weighted by Crippen LogP contribution is -2.29. The smallest absolute Gasteiger partial charge is 0.0710 e. The first-order valence-corrected chi connectivity index (χ1v) is 6.29. The highest BCUT2D eigenvalue weighted by molar-refractivity contribution is 7.80. The maximum Gasteiger partial charge on any atom is 0.0710 e. The Hall–Kier alpha value is 0.270. The molecule has 0 aromatic rings. The summed E-state index contributed by atoms with van der Waals surface area (Å²) >= 11 is 4.41. The fourth-order valence-corrected chi connectivity index (χ4v) is 2.47. The van der Waals surface area contributed by atoms with E-state index in [-0.39, 0.29) is 0 Å². The van der Waals surface area contributed by atoms with Crippen LogP contribution in [-0.2, 0) is 4.74 Å². The second kappa shape index (κ2) is 6.70. The molecule has 0 spiro atoms. The minimum absolute atomic E-state index is 0.470. The molecular formula is C11H23NOS. The number of ether oxygens (including phenoxy) is 1. The molecule has 0 aromatic heterocycles. The number of likely N-dealkylation sites (tertiary alicyclic amines) is 1. The van der Waals surface area contributed by atoms with Crippen molar-refractivity contribution in [3.8, 4) is 0 Å². The van der Waals surface area contributed by atoms with Gasteiger partial charge in [-0.15, -0.1) is 0 Å². The minimum Gasteiger partial charge on any atom is -0.380 e. The van der Waals surface area contributed by atoms with Gasteiger partial charge in [0, 0.05) is 26.7 Å². The third-order valence-electron chi connectivity index (χ3n) is 3.03. The Morgan fingerprint density at radius 3 is 2.86 bits per heavy atom. The molecule has 0 N–H and O–H groups in total. The highest BCUT2D eigenvalue weighted by atomic mass is 32.1. The molecular weight excluding hydrogens is 194 g/mol. The van der Waals surface area contributed by atoms with Gasteiger partial charge in [0.15, 0.2) is 0 Å². The van der Waals surface area contributed by atoms with Crippen molar-refractivity contribution in [1.29, 1.82) is 0 Å². The summed E-state index contributed by atoms with van der Waals surface area (Å²) in [5, 5.41) is 0. The zero-order valence-electron chi connectivity index (χ0n) is 9.41. The molecule has 1 saturated heterocycles. The maximum atomic E-state index is 5.36. The summed E-state index contributed by atoms with van der Waals surface area (Å²) in [6.07, 6.45) is 4.24. The van der Waals surface area contributed by atoms with E-state index in [9.17, 15) is 0 Å². The first-order chi connectivity index (χ1) is 6.80. The number of hydrogen-bond donors (Lipinski definition) is 1. The molecule has 1 rings (SSSR count). The van der Waals surface area contributed by atoms with Crippen LogP contribution in [0.25, 0.3) is 0 Å². The molecule has 1 aliphatic rings. The summed E-state index contributed by atoms with van der Waals surface area (Å²) in [5.41, 5.74) is 0. The van der Waals surface area contributed by atoms with Crippen LogP contribution in [0.2, 0.25) is 0 Å². The van der Waals surface area contributed by atoms with Crippen LogP contribution in [0.1, 0.15) is 26.2 Å². The summed E-state index contributed by atoms with van der Waals surface area (Å²) in [4.78, 5) is 2.52. The topological polar surface area (TPSA) is 12.5 Å². The van der Waals surface area contributed by atoms with Crippen LogP contribution in [-0.4, -0.2) is 43.5 Å². The minimum atomic E-state index is 0.470. The van der Waals surface area contributed by atoms with E-state index in [1.54, 1.807) is 0 Å². The molecule has 0 aliphatic carbocycles. The zero-order chi connectivity index (χ0) is 10.4. The quantitative estimate of drug-likeness (QED) is 0.684. The van der Waals surface area contributed by atoms with E-state index in [2.05, 4.69) is 24.5 Å². The van der Waals surface area contributed by atoms with Crippen LogP contribution in [0, 0.1) is 5.92 Å². The maximum absolute atomic E-state index is 5.36. The highest BCUT2D eigenvalue weighted by Crippen LogP contribution is 2.16. The third kappa shape index (κ3) is 3.79. The number of rotatable bonds is 6. The molecule has 3 heteroatoms. The van der Waals surface area contributed by atoms with E-state index in [0.29, 0.717) is 6.10 Å². The van der Waals surface area contributed by atoms with Crippen LogP contribution < -0.4 is 0 Å². The van der Waals surface area contributed by atoms with Gasteiger partial charge in [-0.05, 0) is 24.5 Å². The Morgan fingerprint density at radius 1 is 1.57 bits per heavy atom.